The molecule has 0 aliphatic heterocycles. The molecule has 2 rings (SSSR count). The third-order valence-corrected chi connectivity index (χ3v) is 3.65. The summed E-state index contributed by atoms with van der Waals surface area (Å²) in [4.78, 5) is 23.3. The molecule has 26 heavy (non-hydrogen) atoms. The van der Waals surface area contributed by atoms with Crippen molar-refractivity contribution in [2.24, 2.45) is 0 Å². The molecule has 7 heteroatoms. The van der Waals surface area contributed by atoms with E-state index in [1.54, 1.807) is 0 Å². The zero-order valence-electron chi connectivity index (χ0n) is 15.4. The quantitative estimate of drug-likeness (QED) is 0.718. The van der Waals surface area contributed by atoms with Gasteiger partial charge in [0, 0.05) is 6.07 Å². The van der Waals surface area contributed by atoms with Gasteiger partial charge in [0.2, 0.25) is 0 Å². The lowest BCUT2D eigenvalue weighted by Crippen LogP contribution is -2.28. The largest absolute Gasteiger partial charge is 0.490 e. The van der Waals surface area contributed by atoms with Crippen molar-refractivity contribution in [2.75, 3.05) is 13.2 Å². The van der Waals surface area contributed by atoms with Crippen LogP contribution in [0, 0.1) is 0 Å². The molecule has 0 spiro atoms. The van der Waals surface area contributed by atoms with Crippen LogP contribution in [0.15, 0.2) is 35.1 Å². The number of nitrogens with one attached hydrogen (secondary N) is 2. The molecule has 0 radical (unpaired) electrons. The molecular formula is C19H25N3O4. The maximum absolute atomic E-state index is 12.3. The van der Waals surface area contributed by atoms with Crippen LogP contribution in [0.3, 0.4) is 0 Å². The molecule has 0 aliphatic carbocycles. The average Bonchev–Trinajstić information content (AvgIpc) is 2.65. The molecule has 1 atom stereocenters. The van der Waals surface area contributed by atoms with Gasteiger partial charge in [-0.25, -0.2) is 5.10 Å². The molecule has 1 amide bonds. The Morgan fingerprint density at radius 3 is 2.42 bits per heavy atom. The summed E-state index contributed by atoms with van der Waals surface area (Å²) in [6.45, 7) is 7.16. The summed E-state index contributed by atoms with van der Waals surface area (Å²) < 4.78 is 11.5. The van der Waals surface area contributed by atoms with E-state index in [0.717, 1.165) is 18.4 Å². The van der Waals surface area contributed by atoms with Gasteiger partial charge in [0.25, 0.3) is 11.5 Å². The van der Waals surface area contributed by atoms with E-state index in [1.165, 1.54) is 12.1 Å². The molecule has 0 saturated heterocycles. The summed E-state index contributed by atoms with van der Waals surface area (Å²) in [6.07, 6.45) is 1.80. The maximum atomic E-state index is 12.3. The SMILES string of the molecule is CCCOc1ccc(C(C)NC(=O)c2ccc(=O)[nH]n2)cc1OCCC. The number of ether oxygens (including phenoxy) is 2. The third kappa shape index (κ3) is 5.34. The zero-order chi connectivity index (χ0) is 18.9. The van der Waals surface area contributed by atoms with E-state index in [9.17, 15) is 9.59 Å². The van der Waals surface area contributed by atoms with E-state index in [4.69, 9.17) is 9.47 Å². The van der Waals surface area contributed by atoms with Gasteiger partial charge < -0.3 is 14.8 Å². The first-order chi connectivity index (χ1) is 12.5. The number of hydrogen-bond acceptors (Lipinski definition) is 5. The Morgan fingerprint density at radius 1 is 1.12 bits per heavy atom. The summed E-state index contributed by atoms with van der Waals surface area (Å²) >= 11 is 0. The van der Waals surface area contributed by atoms with Crippen LogP contribution >= 0.6 is 0 Å². The van der Waals surface area contributed by atoms with E-state index in [0.29, 0.717) is 24.7 Å². The highest BCUT2D eigenvalue weighted by Gasteiger charge is 2.15. The number of aromatic nitrogens is 2. The molecular weight excluding hydrogens is 334 g/mol. The van der Waals surface area contributed by atoms with Gasteiger partial charge in [0.05, 0.1) is 19.3 Å². The molecule has 0 fully saturated rings. The lowest BCUT2D eigenvalue weighted by atomic mass is 10.1. The van der Waals surface area contributed by atoms with E-state index in [1.807, 2.05) is 39.0 Å². The van der Waals surface area contributed by atoms with Gasteiger partial charge in [-0.1, -0.05) is 19.9 Å². The van der Waals surface area contributed by atoms with Gasteiger partial charge in [-0.3, -0.25) is 9.59 Å². The lowest BCUT2D eigenvalue weighted by Gasteiger charge is -2.18. The Hall–Kier alpha value is -2.83. The van der Waals surface area contributed by atoms with Crippen molar-refractivity contribution in [2.45, 2.75) is 39.7 Å². The van der Waals surface area contributed by atoms with Crippen LogP contribution in [0.25, 0.3) is 0 Å². The van der Waals surface area contributed by atoms with Crippen molar-refractivity contribution in [3.8, 4) is 11.5 Å². The van der Waals surface area contributed by atoms with Crippen LogP contribution in [-0.2, 0) is 0 Å². The highest BCUT2D eigenvalue weighted by Crippen LogP contribution is 2.31. The summed E-state index contributed by atoms with van der Waals surface area (Å²) in [5.41, 5.74) is 0.689. The van der Waals surface area contributed by atoms with Gasteiger partial charge in [-0.15, -0.1) is 0 Å². The third-order valence-electron chi connectivity index (χ3n) is 3.65. The van der Waals surface area contributed by atoms with E-state index in [-0.39, 0.29) is 23.2 Å². The number of aromatic amines is 1. The Morgan fingerprint density at radius 2 is 1.81 bits per heavy atom. The number of hydrogen-bond donors (Lipinski definition) is 2. The first-order valence-corrected chi connectivity index (χ1v) is 8.81. The normalized spacial score (nSPS) is 11.7. The zero-order valence-corrected chi connectivity index (χ0v) is 15.4. The number of carbonyl (C=O) groups excluding carboxylic acids is 1. The van der Waals surface area contributed by atoms with Crippen LogP contribution in [-0.4, -0.2) is 29.3 Å². The van der Waals surface area contributed by atoms with E-state index < -0.39 is 0 Å². The fourth-order valence-electron chi connectivity index (χ4n) is 2.27. The van der Waals surface area contributed by atoms with Crippen molar-refractivity contribution >= 4 is 5.91 Å². The fourth-order valence-corrected chi connectivity index (χ4v) is 2.27. The lowest BCUT2D eigenvalue weighted by molar-refractivity contribution is 0.0933. The molecule has 2 aromatic rings. The van der Waals surface area contributed by atoms with Gasteiger partial charge in [-0.05, 0) is 43.5 Å². The van der Waals surface area contributed by atoms with E-state index >= 15 is 0 Å². The minimum atomic E-state index is -0.365. The Kier molecular flexibility index (Phi) is 7.20. The standard InChI is InChI=1S/C19H25N3O4/c1-4-10-25-16-8-6-14(12-17(16)26-11-5-2)13(3)20-19(24)15-7-9-18(23)22-21-15/h6-9,12-13H,4-5,10-11H2,1-3H3,(H,20,24)(H,22,23). The van der Waals surface area contributed by atoms with Crippen LogP contribution < -0.4 is 20.3 Å². The van der Waals surface area contributed by atoms with Crippen LogP contribution in [0.2, 0.25) is 0 Å². The van der Waals surface area contributed by atoms with Crippen molar-refractivity contribution in [3.05, 3.63) is 51.9 Å². The van der Waals surface area contributed by atoms with Crippen molar-refractivity contribution in [1.29, 1.82) is 0 Å². The molecule has 0 saturated carbocycles. The van der Waals surface area contributed by atoms with Gasteiger partial charge in [-0.2, -0.15) is 5.10 Å². The Balaban J connectivity index is 2.13. The Bertz CT molecular complexity index is 768. The smallest absolute Gasteiger partial charge is 0.272 e. The predicted octanol–water partition coefficient (Wildman–Crippen LogP) is 2.84. The number of H-pyrrole nitrogens is 1. The van der Waals surface area contributed by atoms with Crippen LogP contribution in [0.5, 0.6) is 11.5 Å². The second-order valence-corrected chi connectivity index (χ2v) is 5.90. The van der Waals surface area contributed by atoms with Crippen LogP contribution in [0.1, 0.15) is 55.7 Å². The summed E-state index contributed by atoms with van der Waals surface area (Å²) in [7, 11) is 0. The summed E-state index contributed by atoms with van der Waals surface area (Å²) in [6, 6.07) is 8.03. The Labute approximate surface area is 152 Å². The molecule has 2 N–H and O–H groups in total. The highest BCUT2D eigenvalue weighted by atomic mass is 16.5. The van der Waals surface area contributed by atoms with E-state index in [2.05, 4.69) is 15.5 Å². The summed E-state index contributed by atoms with van der Waals surface area (Å²) in [5, 5.41) is 8.84. The molecule has 0 bridgehead atoms. The number of benzene rings is 1. The molecule has 1 heterocycles. The fraction of sp³-hybridized carbons (Fsp3) is 0.421. The van der Waals surface area contributed by atoms with Gasteiger partial charge in [0.1, 0.15) is 5.69 Å². The summed E-state index contributed by atoms with van der Waals surface area (Å²) in [5.74, 6) is 1.00. The minimum Gasteiger partial charge on any atom is -0.490 e. The average molecular weight is 359 g/mol. The van der Waals surface area contributed by atoms with Crippen molar-refractivity contribution < 1.29 is 14.3 Å². The molecule has 1 unspecified atom stereocenters. The monoisotopic (exact) mass is 359 g/mol. The number of rotatable bonds is 9. The first kappa shape index (κ1) is 19.5. The topological polar surface area (TPSA) is 93.3 Å². The molecule has 0 aliphatic rings. The number of carbonyl (C=O) groups is 1. The van der Waals surface area contributed by atoms with Gasteiger partial charge >= 0.3 is 0 Å². The first-order valence-electron chi connectivity index (χ1n) is 8.81. The van der Waals surface area contributed by atoms with Crippen LogP contribution in [0.4, 0.5) is 0 Å². The number of nitrogens with zero attached hydrogens (tertiary/aromatic N) is 1. The van der Waals surface area contributed by atoms with Crippen molar-refractivity contribution in [1.82, 2.24) is 15.5 Å². The second-order valence-electron chi connectivity index (χ2n) is 5.90. The predicted molar refractivity (Wildman–Crippen MR) is 98.8 cm³/mol. The number of amides is 1. The highest BCUT2D eigenvalue weighted by molar-refractivity contribution is 5.92. The maximum Gasteiger partial charge on any atom is 0.272 e. The second kappa shape index (κ2) is 9.60. The molecule has 1 aromatic heterocycles. The minimum absolute atomic E-state index is 0.154. The molecule has 7 nitrogen and oxygen atoms in total. The van der Waals surface area contributed by atoms with Gasteiger partial charge in [0.15, 0.2) is 11.5 Å². The van der Waals surface area contributed by atoms with Crippen molar-refractivity contribution in [3.63, 3.8) is 0 Å². The molecule has 1 aromatic carbocycles. The molecule has 140 valence electrons.